The van der Waals surface area contributed by atoms with Gasteiger partial charge in [-0.05, 0) is 102 Å². The van der Waals surface area contributed by atoms with Gasteiger partial charge < -0.3 is 14.7 Å². The molecule has 5 rings (SSSR count). The van der Waals surface area contributed by atoms with Gasteiger partial charge in [-0.2, -0.15) is 0 Å². The summed E-state index contributed by atoms with van der Waals surface area (Å²) in [5, 5.41) is 11.6. The van der Waals surface area contributed by atoms with E-state index in [1.165, 1.54) is 35.8 Å². The molecule has 3 aromatic rings. The molecule has 2 unspecified atom stereocenters. The molecular formula is C33H36Cl2FNO2. The van der Waals surface area contributed by atoms with E-state index in [1.54, 1.807) is 0 Å². The van der Waals surface area contributed by atoms with Crippen LogP contribution in [-0.2, 0) is 17.6 Å². The molecule has 0 aromatic heterocycles. The Morgan fingerprint density at radius 2 is 1.82 bits per heavy atom. The SMILES string of the molecule is COC(O)c1ccc2c(c1)CCCC(c1ccc(Cl)cc1Cl)=C2c1ccc(CC2CCN(CCCF)C2)cc1. The van der Waals surface area contributed by atoms with Gasteiger partial charge in [0.15, 0.2) is 6.29 Å². The number of methoxy groups -OCH3 is 1. The fourth-order valence-electron chi connectivity index (χ4n) is 6.14. The maximum absolute atomic E-state index is 12.6. The van der Waals surface area contributed by atoms with Crippen LogP contribution in [0.15, 0.2) is 60.7 Å². The summed E-state index contributed by atoms with van der Waals surface area (Å²) in [5.41, 5.74) is 8.99. The van der Waals surface area contributed by atoms with Crippen molar-refractivity contribution in [3.05, 3.63) is 104 Å². The zero-order valence-electron chi connectivity index (χ0n) is 22.4. The lowest BCUT2D eigenvalue weighted by atomic mass is 9.86. The van der Waals surface area contributed by atoms with Gasteiger partial charge in [-0.25, -0.2) is 0 Å². The van der Waals surface area contributed by atoms with Crippen molar-refractivity contribution in [2.75, 3.05) is 33.4 Å². The van der Waals surface area contributed by atoms with Crippen molar-refractivity contribution in [2.24, 2.45) is 5.92 Å². The molecule has 0 spiro atoms. The van der Waals surface area contributed by atoms with Crippen molar-refractivity contribution in [3.63, 3.8) is 0 Å². The van der Waals surface area contributed by atoms with E-state index >= 15 is 0 Å². The molecular weight excluding hydrogens is 532 g/mol. The predicted octanol–water partition coefficient (Wildman–Crippen LogP) is 8.15. The number of aryl methyl sites for hydroxylation is 1. The van der Waals surface area contributed by atoms with E-state index in [1.807, 2.05) is 24.3 Å². The van der Waals surface area contributed by atoms with Crippen molar-refractivity contribution in [1.82, 2.24) is 4.90 Å². The van der Waals surface area contributed by atoms with Gasteiger partial charge in [-0.15, -0.1) is 0 Å². The summed E-state index contributed by atoms with van der Waals surface area (Å²) in [6, 6.07) is 20.8. The van der Waals surface area contributed by atoms with E-state index in [0.717, 1.165) is 67.6 Å². The quantitative estimate of drug-likeness (QED) is 0.265. The molecule has 39 heavy (non-hydrogen) atoms. The zero-order chi connectivity index (χ0) is 27.4. The molecule has 2 aliphatic rings. The largest absolute Gasteiger partial charge is 0.364 e. The number of nitrogens with zero attached hydrogens (tertiary/aromatic N) is 1. The number of likely N-dealkylation sites (tertiary alicyclic amines) is 1. The molecule has 1 fully saturated rings. The Hall–Kier alpha value is -2.21. The number of allylic oxidation sites excluding steroid dienone is 1. The van der Waals surface area contributed by atoms with Gasteiger partial charge in [-0.1, -0.05) is 71.7 Å². The molecule has 3 aromatic carbocycles. The van der Waals surface area contributed by atoms with Gasteiger partial charge in [0.2, 0.25) is 0 Å². The summed E-state index contributed by atoms with van der Waals surface area (Å²) in [5.74, 6) is 0.613. The maximum Gasteiger partial charge on any atom is 0.180 e. The fraction of sp³-hybridized carbons (Fsp3) is 0.394. The van der Waals surface area contributed by atoms with Crippen molar-refractivity contribution >= 4 is 34.3 Å². The van der Waals surface area contributed by atoms with Crippen LogP contribution in [0.3, 0.4) is 0 Å². The lowest BCUT2D eigenvalue weighted by molar-refractivity contribution is -0.0769. The highest BCUT2D eigenvalue weighted by Crippen LogP contribution is 2.43. The molecule has 1 saturated heterocycles. The predicted molar refractivity (Wildman–Crippen MR) is 159 cm³/mol. The van der Waals surface area contributed by atoms with Gasteiger partial charge in [0.25, 0.3) is 0 Å². The Labute approximate surface area is 241 Å². The van der Waals surface area contributed by atoms with E-state index < -0.39 is 6.29 Å². The molecule has 3 nitrogen and oxygen atoms in total. The molecule has 1 N–H and O–H groups in total. The summed E-state index contributed by atoms with van der Waals surface area (Å²) in [6.45, 7) is 2.74. The second-order valence-electron chi connectivity index (χ2n) is 10.7. The fourth-order valence-corrected chi connectivity index (χ4v) is 6.66. The Morgan fingerprint density at radius 1 is 1.03 bits per heavy atom. The van der Waals surface area contributed by atoms with Crippen LogP contribution in [0.4, 0.5) is 4.39 Å². The number of aliphatic hydroxyl groups is 1. The average Bonchev–Trinajstić information content (AvgIpc) is 3.30. The van der Waals surface area contributed by atoms with Crippen LogP contribution in [0, 0.1) is 5.92 Å². The molecule has 1 aliphatic carbocycles. The number of halogens is 3. The zero-order valence-corrected chi connectivity index (χ0v) is 23.9. The van der Waals surface area contributed by atoms with Crippen LogP contribution in [0.25, 0.3) is 11.1 Å². The van der Waals surface area contributed by atoms with Crippen LogP contribution in [-0.4, -0.2) is 43.4 Å². The summed E-state index contributed by atoms with van der Waals surface area (Å²) in [6.07, 6.45) is 4.64. The Morgan fingerprint density at radius 3 is 2.56 bits per heavy atom. The molecule has 1 heterocycles. The lowest BCUT2D eigenvalue weighted by Crippen LogP contribution is -2.22. The Balaban J connectivity index is 1.51. The van der Waals surface area contributed by atoms with E-state index in [9.17, 15) is 9.50 Å². The summed E-state index contributed by atoms with van der Waals surface area (Å²) < 4.78 is 17.8. The van der Waals surface area contributed by atoms with E-state index in [4.69, 9.17) is 27.9 Å². The first-order chi connectivity index (χ1) is 19.0. The minimum Gasteiger partial charge on any atom is -0.364 e. The van der Waals surface area contributed by atoms with Crippen LogP contribution in [0.1, 0.15) is 65.4 Å². The third-order valence-electron chi connectivity index (χ3n) is 8.08. The normalized spacial score (nSPS) is 18.7. The Bertz CT molecular complexity index is 1320. The number of alkyl halides is 1. The number of aliphatic hydroxyl groups excluding tert-OH is 1. The number of rotatable bonds is 9. The lowest BCUT2D eigenvalue weighted by Gasteiger charge is -2.19. The molecule has 0 radical (unpaired) electrons. The van der Waals surface area contributed by atoms with Gasteiger partial charge in [0.05, 0.1) is 6.67 Å². The molecule has 6 heteroatoms. The number of fused-ring (bicyclic) bond motifs is 1. The van der Waals surface area contributed by atoms with Gasteiger partial charge in [-0.3, -0.25) is 4.39 Å². The molecule has 0 amide bonds. The van der Waals surface area contributed by atoms with Gasteiger partial charge in [0, 0.05) is 35.8 Å². The van der Waals surface area contributed by atoms with Crippen LogP contribution < -0.4 is 0 Å². The third kappa shape index (κ3) is 6.58. The second kappa shape index (κ2) is 13.0. The average molecular weight is 569 g/mol. The summed E-state index contributed by atoms with van der Waals surface area (Å²) in [4.78, 5) is 2.39. The number of benzene rings is 3. The van der Waals surface area contributed by atoms with Crippen molar-refractivity contribution < 1.29 is 14.2 Å². The first-order valence-electron chi connectivity index (χ1n) is 13.9. The molecule has 2 atom stereocenters. The molecule has 0 bridgehead atoms. The maximum atomic E-state index is 12.6. The highest BCUT2D eigenvalue weighted by atomic mass is 35.5. The molecule has 1 aliphatic heterocycles. The smallest absolute Gasteiger partial charge is 0.180 e. The number of ether oxygens (including phenoxy) is 1. The van der Waals surface area contributed by atoms with Crippen LogP contribution in [0.5, 0.6) is 0 Å². The molecule has 206 valence electrons. The van der Waals surface area contributed by atoms with Crippen LogP contribution >= 0.6 is 23.2 Å². The minimum atomic E-state index is -0.945. The van der Waals surface area contributed by atoms with E-state index in [2.05, 4.69) is 41.3 Å². The highest BCUT2D eigenvalue weighted by molar-refractivity contribution is 6.36. The summed E-state index contributed by atoms with van der Waals surface area (Å²) in [7, 11) is 1.51. The molecule has 0 saturated carbocycles. The van der Waals surface area contributed by atoms with Crippen molar-refractivity contribution in [1.29, 1.82) is 0 Å². The van der Waals surface area contributed by atoms with E-state index in [0.29, 0.717) is 22.4 Å². The second-order valence-corrected chi connectivity index (χ2v) is 11.6. The van der Waals surface area contributed by atoms with Gasteiger partial charge >= 0.3 is 0 Å². The Kier molecular flexibility index (Phi) is 9.42. The minimum absolute atomic E-state index is 0.237. The van der Waals surface area contributed by atoms with Gasteiger partial charge in [0.1, 0.15) is 0 Å². The van der Waals surface area contributed by atoms with Crippen LogP contribution in [0.2, 0.25) is 10.0 Å². The van der Waals surface area contributed by atoms with Crippen molar-refractivity contribution in [3.8, 4) is 0 Å². The summed E-state index contributed by atoms with van der Waals surface area (Å²) >= 11 is 13.0. The van der Waals surface area contributed by atoms with Crippen molar-refractivity contribution in [2.45, 2.75) is 44.8 Å². The number of hydrogen-bond acceptors (Lipinski definition) is 3. The highest BCUT2D eigenvalue weighted by Gasteiger charge is 2.24. The van der Waals surface area contributed by atoms with E-state index in [-0.39, 0.29) is 6.67 Å². The number of hydrogen-bond donors (Lipinski definition) is 1. The topological polar surface area (TPSA) is 32.7 Å². The third-order valence-corrected chi connectivity index (χ3v) is 8.63. The standard InChI is InChI=1S/C33H36Cl2FNO2/c1-39-33(38)26-10-12-28-25(19-26)4-2-5-30(29-13-11-27(34)20-31(29)35)32(28)24-8-6-22(7-9-24)18-23-14-17-37(21-23)16-3-15-36/h6-13,19-20,23,33,38H,2-5,14-18,21H2,1H3. The monoisotopic (exact) mass is 567 g/mol. The first-order valence-corrected chi connectivity index (χ1v) is 14.6. The first kappa shape index (κ1) is 28.3.